The van der Waals surface area contributed by atoms with Crippen LogP contribution in [0, 0.1) is 17.1 Å². The zero-order valence-corrected chi connectivity index (χ0v) is 21.2. The zero-order chi connectivity index (χ0) is 30.2. The van der Waals surface area contributed by atoms with Gasteiger partial charge in [-0.25, -0.2) is 8.78 Å². The van der Waals surface area contributed by atoms with Gasteiger partial charge in [-0.05, 0) is 48.5 Å². The Kier molecular flexibility index (Phi) is 8.38. The zero-order valence-electron chi connectivity index (χ0n) is 19.7. The van der Waals surface area contributed by atoms with E-state index in [4.69, 9.17) is 28.5 Å². The SMILES string of the molecule is CN(C(=O)c1ccc(C#N)cc1)c1cccc(C(=O)Nc2c(Cl)cc(C(F)(C(F)(F)F)C(F)(F)F)cc2Cl)c1F. The van der Waals surface area contributed by atoms with Gasteiger partial charge in [0.2, 0.25) is 0 Å². The minimum atomic E-state index is -6.44. The van der Waals surface area contributed by atoms with Crippen LogP contribution in [-0.2, 0) is 5.67 Å². The first-order chi connectivity index (χ1) is 18.4. The first kappa shape index (κ1) is 30.6. The molecule has 0 unspecified atom stereocenters. The second-order valence-corrected chi connectivity index (χ2v) is 8.93. The number of nitrogens with zero attached hydrogens (tertiary/aromatic N) is 2. The van der Waals surface area contributed by atoms with Gasteiger partial charge >= 0.3 is 18.0 Å². The third-order valence-corrected chi connectivity index (χ3v) is 6.21. The largest absolute Gasteiger partial charge is 0.435 e. The summed E-state index contributed by atoms with van der Waals surface area (Å²) in [4.78, 5) is 26.4. The molecule has 0 bridgehead atoms. The van der Waals surface area contributed by atoms with Crippen LogP contribution in [0.25, 0.3) is 0 Å². The second kappa shape index (κ2) is 10.9. The number of anilines is 2. The molecule has 0 aliphatic heterocycles. The Hall–Kier alpha value is -3.89. The molecule has 0 heterocycles. The van der Waals surface area contributed by atoms with E-state index >= 15 is 4.39 Å². The maximum absolute atomic E-state index is 15.3. The Morgan fingerprint density at radius 2 is 1.43 bits per heavy atom. The summed E-state index contributed by atoms with van der Waals surface area (Å²) in [5, 5.41) is 8.83. The third-order valence-electron chi connectivity index (χ3n) is 5.61. The van der Waals surface area contributed by atoms with Crippen molar-refractivity contribution < 1.29 is 44.7 Å². The summed E-state index contributed by atoms with van der Waals surface area (Å²) in [5.74, 6) is -3.25. The van der Waals surface area contributed by atoms with Crippen molar-refractivity contribution in [1.82, 2.24) is 0 Å². The molecule has 3 aromatic carbocycles. The lowest BCUT2D eigenvalue weighted by atomic mass is 9.94. The van der Waals surface area contributed by atoms with Crippen LogP contribution in [0.1, 0.15) is 31.8 Å². The molecule has 0 atom stereocenters. The van der Waals surface area contributed by atoms with E-state index in [1.54, 1.807) is 0 Å². The molecule has 0 aliphatic rings. The molecule has 0 fully saturated rings. The van der Waals surface area contributed by atoms with Crippen molar-refractivity contribution in [2.45, 2.75) is 18.0 Å². The number of alkyl halides is 7. The van der Waals surface area contributed by atoms with Crippen molar-refractivity contribution in [3.8, 4) is 6.07 Å². The highest BCUT2D eigenvalue weighted by molar-refractivity contribution is 6.40. The normalized spacial score (nSPS) is 12.1. The number of amides is 2. The van der Waals surface area contributed by atoms with Gasteiger partial charge in [0.05, 0.1) is 38.6 Å². The van der Waals surface area contributed by atoms with Crippen LogP contribution in [0.2, 0.25) is 10.0 Å². The van der Waals surface area contributed by atoms with E-state index in [-0.39, 0.29) is 28.9 Å². The average Bonchev–Trinajstić information content (AvgIpc) is 2.88. The lowest BCUT2D eigenvalue weighted by molar-refractivity contribution is -0.348. The lowest BCUT2D eigenvalue weighted by Gasteiger charge is -2.30. The van der Waals surface area contributed by atoms with E-state index in [0.29, 0.717) is 0 Å². The minimum Gasteiger partial charge on any atom is -0.319 e. The summed E-state index contributed by atoms with van der Waals surface area (Å²) in [6.07, 6.45) is -12.9. The molecule has 0 spiro atoms. The molecule has 0 saturated carbocycles. The van der Waals surface area contributed by atoms with Crippen LogP contribution in [0.4, 0.5) is 46.5 Å². The molecule has 3 aromatic rings. The Bertz CT molecular complexity index is 1480. The molecule has 3 rings (SSSR count). The number of rotatable bonds is 5. The van der Waals surface area contributed by atoms with Crippen LogP contribution in [0.5, 0.6) is 0 Å². The van der Waals surface area contributed by atoms with Gasteiger partial charge in [-0.1, -0.05) is 29.3 Å². The number of halogens is 10. The fourth-order valence-electron chi connectivity index (χ4n) is 3.50. The monoisotopic (exact) mass is 609 g/mol. The van der Waals surface area contributed by atoms with E-state index in [1.165, 1.54) is 37.4 Å². The van der Waals surface area contributed by atoms with Crippen LogP contribution in [-0.4, -0.2) is 31.2 Å². The molecule has 0 aromatic heterocycles. The van der Waals surface area contributed by atoms with E-state index in [0.717, 1.165) is 17.0 Å². The van der Waals surface area contributed by atoms with Gasteiger partial charge in [0.1, 0.15) is 0 Å². The van der Waals surface area contributed by atoms with Crippen LogP contribution < -0.4 is 10.2 Å². The van der Waals surface area contributed by atoms with E-state index in [9.17, 15) is 40.3 Å². The average molecular weight is 610 g/mol. The van der Waals surface area contributed by atoms with E-state index < -0.39 is 62.5 Å². The molecule has 0 saturated heterocycles. The van der Waals surface area contributed by atoms with Crippen LogP contribution in [0.3, 0.4) is 0 Å². The fraction of sp³-hybridized carbons (Fsp3) is 0.160. The molecule has 15 heteroatoms. The number of hydrogen-bond donors (Lipinski definition) is 1. The van der Waals surface area contributed by atoms with Crippen molar-refractivity contribution in [3.63, 3.8) is 0 Å². The standard InChI is InChI=1S/C25H13Cl2F8N3O2/c1-38(22(40)13-7-5-12(11-36)6-8-13)18-4-2-3-15(19(18)28)21(39)37-20-16(26)9-14(10-17(20)27)23(29,24(30,31)32)25(33,34)35/h2-10H,1H3,(H,37,39). The van der Waals surface area contributed by atoms with Crippen molar-refractivity contribution in [1.29, 1.82) is 5.26 Å². The molecular formula is C25H13Cl2F8N3O2. The first-order valence-corrected chi connectivity index (χ1v) is 11.4. The summed E-state index contributed by atoms with van der Waals surface area (Å²) in [6.45, 7) is 0. The highest BCUT2D eigenvalue weighted by atomic mass is 35.5. The molecule has 210 valence electrons. The number of nitrogens with one attached hydrogen (secondary N) is 1. The Morgan fingerprint density at radius 3 is 1.90 bits per heavy atom. The highest BCUT2D eigenvalue weighted by Gasteiger charge is 2.73. The minimum absolute atomic E-state index is 0.0131. The van der Waals surface area contributed by atoms with Gasteiger partial charge in [-0.3, -0.25) is 9.59 Å². The molecule has 0 radical (unpaired) electrons. The summed E-state index contributed by atoms with van der Waals surface area (Å²) in [7, 11) is 1.19. The summed E-state index contributed by atoms with van der Waals surface area (Å²) in [6, 6.07) is 10.5. The van der Waals surface area contributed by atoms with Crippen molar-refractivity contribution in [2.24, 2.45) is 0 Å². The van der Waals surface area contributed by atoms with Crippen molar-refractivity contribution in [2.75, 3.05) is 17.3 Å². The maximum atomic E-state index is 15.3. The summed E-state index contributed by atoms with van der Waals surface area (Å²) >= 11 is 11.5. The van der Waals surface area contributed by atoms with Gasteiger partial charge in [-0.15, -0.1) is 0 Å². The lowest BCUT2D eigenvalue weighted by Crippen LogP contribution is -2.50. The summed E-state index contributed by atoms with van der Waals surface area (Å²) < 4.78 is 108. The number of nitriles is 1. The predicted octanol–water partition coefficient (Wildman–Crippen LogP) is 7.82. The molecule has 0 aliphatic carbocycles. The molecule has 40 heavy (non-hydrogen) atoms. The smallest absolute Gasteiger partial charge is 0.319 e. The Morgan fingerprint density at radius 1 is 0.900 bits per heavy atom. The third kappa shape index (κ3) is 5.55. The predicted molar refractivity (Wildman–Crippen MR) is 130 cm³/mol. The molecule has 5 nitrogen and oxygen atoms in total. The Balaban J connectivity index is 1.94. The van der Waals surface area contributed by atoms with Gasteiger partial charge in [0.15, 0.2) is 5.82 Å². The first-order valence-electron chi connectivity index (χ1n) is 10.6. The van der Waals surface area contributed by atoms with Crippen LogP contribution in [0.15, 0.2) is 54.6 Å². The number of benzene rings is 3. The van der Waals surface area contributed by atoms with Gasteiger partial charge in [-0.2, -0.15) is 31.6 Å². The van der Waals surface area contributed by atoms with Crippen molar-refractivity contribution >= 4 is 46.4 Å². The van der Waals surface area contributed by atoms with Crippen LogP contribution >= 0.6 is 23.2 Å². The highest BCUT2D eigenvalue weighted by Crippen LogP contribution is 2.54. The molecular weight excluding hydrogens is 597 g/mol. The van der Waals surface area contributed by atoms with Gasteiger partial charge in [0.25, 0.3) is 11.8 Å². The molecule has 1 N–H and O–H groups in total. The maximum Gasteiger partial charge on any atom is 0.435 e. The fourth-order valence-corrected chi connectivity index (χ4v) is 4.09. The van der Waals surface area contributed by atoms with Gasteiger partial charge < -0.3 is 10.2 Å². The number of carbonyl (C=O) groups is 2. The van der Waals surface area contributed by atoms with E-state index in [1.807, 2.05) is 11.4 Å². The Labute approximate surface area is 230 Å². The topological polar surface area (TPSA) is 73.2 Å². The summed E-state index contributed by atoms with van der Waals surface area (Å²) in [5.41, 5.74) is -9.29. The number of hydrogen-bond acceptors (Lipinski definition) is 3. The van der Waals surface area contributed by atoms with E-state index in [2.05, 4.69) is 0 Å². The van der Waals surface area contributed by atoms with Gasteiger partial charge in [0, 0.05) is 18.2 Å². The number of carbonyl (C=O) groups excluding carboxylic acids is 2. The quantitative estimate of drug-likeness (QED) is 0.300. The van der Waals surface area contributed by atoms with Crippen molar-refractivity contribution in [3.05, 3.63) is 92.7 Å². The second-order valence-electron chi connectivity index (χ2n) is 8.12. The molecule has 2 amide bonds.